The highest BCUT2D eigenvalue weighted by Crippen LogP contribution is 2.36. The van der Waals surface area contributed by atoms with Crippen LogP contribution in [0.3, 0.4) is 0 Å². The summed E-state index contributed by atoms with van der Waals surface area (Å²) in [7, 11) is 0. The Hall–Kier alpha value is -2.07. The van der Waals surface area contributed by atoms with Crippen LogP contribution in [0.5, 0.6) is 11.5 Å². The molecule has 0 saturated carbocycles. The van der Waals surface area contributed by atoms with Gasteiger partial charge in [-0.05, 0) is 77.6 Å². The van der Waals surface area contributed by atoms with Crippen LogP contribution in [0.2, 0.25) is 10.0 Å². The van der Waals surface area contributed by atoms with Gasteiger partial charge in [-0.25, -0.2) is 9.79 Å². The molecule has 0 atom stereocenters. The Morgan fingerprint density at radius 2 is 1.91 bits per heavy atom. The molecule has 1 heterocycles. The number of halogens is 4. The molecule has 3 aromatic carbocycles. The number of rotatable bonds is 7. The average Bonchev–Trinajstić information content (AvgIpc) is 3.14. The second-order valence-electron chi connectivity index (χ2n) is 7.10. The van der Waals surface area contributed by atoms with Crippen molar-refractivity contribution in [2.24, 2.45) is 4.99 Å². The van der Waals surface area contributed by atoms with Crippen LogP contribution in [-0.4, -0.2) is 18.5 Å². The molecule has 0 spiro atoms. The van der Waals surface area contributed by atoms with Gasteiger partial charge in [0.2, 0.25) is 5.90 Å². The van der Waals surface area contributed by atoms with Crippen LogP contribution in [0.1, 0.15) is 23.6 Å². The van der Waals surface area contributed by atoms with Crippen molar-refractivity contribution in [2.75, 3.05) is 6.61 Å². The Labute approximate surface area is 229 Å². The molecule has 0 amide bonds. The molecule has 0 aromatic heterocycles. The first-order valence-corrected chi connectivity index (χ1v) is 12.8. The molecule has 3 aromatic rings. The molecule has 1 aliphatic heterocycles. The molecule has 0 aliphatic carbocycles. The molecular weight excluding hydrogens is 656 g/mol. The van der Waals surface area contributed by atoms with E-state index in [-0.39, 0.29) is 11.6 Å². The first kappa shape index (κ1) is 25.0. The summed E-state index contributed by atoms with van der Waals surface area (Å²) in [6.45, 7) is 2.73. The normalized spacial score (nSPS) is 14.2. The largest absolute Gasteiger partial charge is 0.490 e. The Morgan fingerprint density at radius 1 is 1.12 bits per heavy atom. The van der Waals surface area contributed by atoms with Gasteiger partial charge in [-0.2, -0.15) is 0 Å². The summed E-state index contributed by atoms with van der Waals surface area (Å²) in [5, 5.41) is 0.828. The number of aliphatic imine (C=N–C) groups is 1. The summed E-state index contributed by atoms with van der Waals surface area (Å²) in [4.78, 5) is 16.8. The third-order valence-electron chi connectivity index (χ3n) is 4.75. The lowest BCUT2D eigenvalue weighted by Gasteiger charge is -2.15. The van der Waals surface area contributed by atoms with E-state index in [9.17, 15) is 4.79 Å². The van der Waals surface area contributed by atoms with Gasteiger partial charge >= 0.3 is 5.97 Å². The summed E-state index contributed by atoms with van der Waals surface area (Å²) < 4.78 is 19.1. The van der Waals surface area contributed by atoms with Crippen molar-refractivity contribution in [3.8, 4) is 11.5 Å². The summed E-state index contributed by atoms with van der Waals surface area (Å²) in [6, 6.07) is 16.5. The van der Waals surface area contributed by atoms with E-state index in [1.807, 2.05) is 43.3 Å². The average molecular weight is 673 g/mol. The van der Waals surface area contributed by atoms with Crippen molar-refractivity contribution in [1.29, 1.82) is 0 Å². The Kier molecular flexibility index (Phi) is 8.18. The van der Waals surface area contributed by atoms with E-state index < -0.39 is 5.97 Å². The molecule has 4 rings (SSSR count). The first-order valence-electron chi connectivity index (χ1n) is 10.2. The zero-order valence-corrected chi connectivity index (χ0v) is 23.0. The lowest BCUT2D eigenvalue weighted by Crippen LogP contribution is -2.06. The number of nitrogens with zero attached hydrogens (tertiary/aromatic N) is 1. The molecule has 0 unspecified atom stereocenters. The molecule has 0 fully saturated rings. The summed E-state index contributed by atoms with van der Waals surface area (Å²) in [6.07, 6.45) is 1.64. The highest BCUT2D eigenvalue weighted by atomic mass is 127. The molecule has 0 saturated heterocycles. The number of carbonyl (C=O) groups excluding carboxylic acids is 1. The third kappa shape index (κ3) is 5.76. The predicted octanol–water partition coefficient (Wildman–Crippen LogP) is 7.68. The van der Waals surface area contributed by atoms with Crippen LogP contribution in [0.15, 0.2) is 69.8 Å². The van der Waals surface area contributed by atoms with Crippen molar-refractivity contribution >= 4 is 79.7 Å². The van der Waals surface area contributed by atoms with Gasteiger partial charge in [-0.1, -0.05) is 57.3 Å². The van der Waals surface area contributed by atoms with Crippen molar-refractivity contribution in [3.63, 3.8) is 0 Å². The van der Waals surface area contributed by atoms with Gasteiger partial charge in [0.25, 0.3) is 0 Å². The number of hydrogen-bond acceptors (Lipinski definition) is 5. The van der Waals surface area contributed by atoms with E-state index in [0.717, 1.165) is 19.2 Å². The summed E-state index contributed by atoms with van der Waals surface area (Å²) >= 11 is 17.9. The van der Waals surface area contributed by atoms with Crippen LogP contribution < -0.4 is 9.47 Å². The van der Waals surface area contributed by atoms with Gasteiger partial charge in [0, 0.05) is 15.1 Å². The maximum Gasteiger partial charge on any atom is 0.363 e. The summed E-state index contributed by atoms with van der Waals surface area (Å²) in [5.74, 6) is 0.769. The fourth-order valence-corrected chi connectivity index (χ4v) is 4.85. The molecule has 1 aliphatic rings. The topological polar surface area (TPSA) is 57.1 Å². The highest BCUT2D eigenvalue weighted by Gasteiger charge is 2.26. The Morgan fingerprint density at radius 3 is 2.65 bits per heavy atom. The van der Waals surface area contributed by atoms with E-state index in [1.54, 1.807) is 24.3 Å². The molecule has 34 heavy (non-hydrogen) atoms. The number of hydrogen-bond donors (Lipinski definition) is 0. The lowest BCUT2D eigenvalue weighted by atomic mass is 10.1. The molecule has 0 N–H and O–H groups in total. The number of cyclic esters (lactones) is 1. The van der Waals surface area contributed by atoms with Crippen molar-refractivity contribution in [3.05, 3.63) is 95.1 Å². The number of esters is 1. The fourth-order valence-electron chi connectivity index (χ4n) is 3.18. The highest BCUT2D eigenvalue weighted by molar-refractivity contribution is 14.1. The van der Waals surface area contributed by atoms with E-state index >= 15 is 0 Å². The van der Waals surface area contributed by atoms with Crippen molar-refractivity contribution in [1.82, 2.24) is 0 Å². The summed E-state index contributed by atoms with van der Waals surface area (Å²) in [5.41, 5.74) is 2.38. The quantitative estimate of drug-likeness (QED) is 0.147. The van der Waals surface area contributed by atoms with Gasteiger partial charge in [0.15, 0.2) is 17.2 Å². The van der Waals surface area contributed by atoms with Gasteiger partial charge in [0.1, 0.15) is 6.61 Å². The fraction of sp³-hybridized carbons (Fsp3) is 0.120. The van der Waals surface area contributed by atoms with Gasteiger partial charge in [-0.3, -0.25) is 0 Å². The number of benzene rings is 3. The lowest BCUT2D eigenvalue weighted by molar-refractivity contribution is -0.129. The second kappa shape index (κ2) is 11.1. The molecule has 0 radical (unpaired) electrons. The van der Waals surface area contributed by atoms with Crippen LogP contribution >= 0.6 is 61.7 Å². The van der Waals surface area contributed by atoms with Crippen LogP contribution in [0, 0.1) is 3.57 Å². The molecular formula is C25H17BrCl2INO4. The first-order chi connectivity index (χ1) is 16.4. The maximum absolute atomic E-state index is 12.5. The van der Waals surface area contributed by atoms with E-state index in [0.29, 0.717) is 40.3 Å². The minimum absolute atomic E-state index is 0.131. The molecule has 0 bridgehead atoms. The van der Waals surface area contributed by atoms with Crippen LogP contribution in [0.4, 0.5) is 0 Å². The molecule has 9 heteroatoms. The number of ether oxygens (including phenoxy) is 3. The maximum atomic E-state index is 12.5. The Balaban J connectivity index is 1.63. The monoisotopic (exact) mass is 671 g/mol. The molecule has 174 valence electrons. The zero-order chi connectivity index (χ0) is 24.2. The predicted molar refractivity (Wildman–Crippen MR) is 146 cm³/mol. The van der Waals surface area contributed by atoms with E-state index in [2.05, 4.69) is 43.5 Å². The van der Waals surface area contributed by atoms with Crippen molar-refractivity contribution in [2.45, 2.75) is 13.5 Å². The van der Waals surface area contributed by atoms with Gasteiger partial charge in [-0.15, -0.1) is 0 Å². The third-order valence-corrected chi connectivity index (χ3v) is 6.87. The van der Waals surface area contributed by atoms with Crippen LogP contribution in [0.25, 0.3) is 6.08 Å². The molecule has 5 nitrogen and oxygen atoms in total. The van der Waals surface area contributed by atoms with E-state index in [4.69, 9.17) is 37.4 Å². The second-order valence-corrected chi connectivity index (χ2v) is 9.96. The minimum atomic E-state index is -0.566. The number of carbonyl (C=O) groups is 1. The standard InChI is InChI=1S/C25H17BrCl2INO4/c1-2-32-22-11-14(9-20(29)23(22)33-13-15-5-3-4-6-18(15)26)10-21-25(31)34-24(30-21)17-8-7-16(27)12-19(17)28/h3-12H,2,13H2,1H3/b21-10+. The van der Waals surface area contributed by atoms with E-state index in [1.165, 1.54) is 0 Å². The smallest absolute Gasteiger partial charge is 0.363 e. The Bertz CT molecular complexity index is 1330. The van der Waals surface area contributed by atoms with Gasteiger partial charge in [0.05, 0.1) is 20.8 Å². The zero-order valence-electron chi connectivity index (χ0n) is 17.8. The van der Waals surface area contributed by atoms with Crippen LogP contribution in [-0.2, 0) is 16.1 Å². The SMILES string of the molecule is CCOc1cc(/C=C2/N=C(c3ccc(Cl)cc3Cl)OC2=O)cc(I)c1OCc1ccccc1Br. The van der Waals surface area contributed by atoms with Crippen molar-refractivity contribution < 1.29 is 19.0 Å². The minimum Gasteiger partial charge on any atom is -0.490 e. The van der Waals surface area contributed by atoms with Gasteiger partial charge < -0.3 is 14.2 Å².